The molecule has 7 heteroatoms. The lowest BCUT2D eigenvalue weighted by molar-refractivity contribution is -0.245. The highest BCUT2D eigenvalue weighted by Crippen LogP contribution is 2.36. The van der Waals surface area contributed by atoms with Gasteiger partial charge in [-0.2, -0.15) is 9.45 Å². The highest BCUT2D eigenvalue weighted by atomic mass is 19.1. The Balaban J connectivity index is 2.02. The van der Waals surface area contributed by atoms with Crippen molar-refractivity contribution in [2.45, 2.75) is 57.7 Å². The van der Waals surface area contributed by atoms with Crippen LogP contribution >= 0.6 is 0 Å². The summed E-state index contributed by atoms with van der Waals surface area (Å²) in [6, 6.07) is 3.14. The molecule has 122 valence electrons. The molecular formula is C15H24FN5O. The van der Waals surface area contributed by atoms with E-state index >= 15 is 0 Å². The third-order valence-corrected chi connectivity index (χ3v) is 4.01. The van der Waals surface area contributed by atoms with Crippen LogP contribution < -0.4 is 10.6 Å². The fraction of sp³-hybridized carbons (Fsp3) is 0.600. The minimum Gasteiger partial charge on any atom is -0.353 e. The molecule has 0 aromatic carbocycles. The van der Waals surface area contributed by atoms with E-state index in [4.69, 9.17) is 5.41 Å². The van der Waals surface area contributed by atoms with Crippen molar-refractivity contribution in [2.75, 3.05) is 5.32 Å². The topological polar surface area (TPSA) is 84.3 Å². The Hall–Kier alpha value is -1.73. The van der Waals surface area contributed by atoms with Gasteiger partial charge in [-0.15, -0.1) is 0 Å². The average molecular weight is 309 g/mol. The van der Waals surface area contributed by atoms with E-state index in [-0.39, 0.29) is 17.7 Å². The van der Waals surface area contributed by atoms with E-state index in [0.717, 1.165) is 0 Å². The first kappa shape index (κ1) is 16.6. The minimum absolute atomic E-state index is 0.00753. The van der Waals surface area contributed by atoms with Gasteiger partial charge in [-0.3, -0.25) is 5.41 Å². The lowest BCUT2D eigenvalue weighted by atomic mass is 9.79. The number of anilines is 1. The fourth-order valence-corrected chi connectivity index (χ4v) is 3.23. The Labute approximate surface area is 130 Å². The Morgan fingerprint density at radius 1 is 1.36 bits per heavy atom. The SMILES string of the molecule is CC1(C)CC(NC(=N)Nc2cccnc2F)CC(C)(C)N1O. The Morgan fingerprint density at radius 2 is 1.95 bits per heavy atom. The van der Waals surface area contributed by atoms with E-state index in [1.165, 1.54) is 17.3 Å². The van der Waals surface area contributed by atoms with Crippen molar-refractivity contribution in [3.63, 3.8) is 0 Å². The van der Waals surface area contributed by atoms with Crippen molar-refractivity contribution in [1.82, 2.24) is 15.4 Å². The summed E-state index contributed by atoms with van der Waals surface area (Å²) >= 11 is 0. The summed E-state index contributed by atoms with van der Waals surface area (Å²) in [7, 11) is 0. The first-order valence-electron chi connectivity index (χ1n) is 7.34. The Kier molecular flexibility index (Phi) is 4.39. The number of nitrogens with one attached hydrogen (secondary N) is 3. The maximum atomic E-state index is 13.5. The second-order valence-electron chi connectivity index (χ2n) is 7.03. The smallest absolute Gasteiger partial charge is 0.236 e. The van der Waals surface area contributed by atoms with Gasteiger partial charge in [0.15, 0.2) is 5.96 Å². The van der Waals surface area contributed by atoms with Crippen LogP contribution in [-0.4, -0.2) is 38.3 Å². The maximum absolute atomic E-state index is 13.5. The van der Waals surface area contributed by atoms with Crippen LogP contribution in [0.2, 0.25) is 0 Å². The summed E-state index contributed by atoms with van der Waals surface area (Å²) in [6.07, 6.45) is 2.71. The molecule has 2 heterocycles. The molecule has 1 fully saturated rings. The van der Waals surface area contributed by atoms with Crippen LogP contribution in [0.3, 0.4) is 0 Å². The summed E-state index contributed by atoms with van der Waals surface area (Å²) in [6.45, 7) is 7.84. The normalized spacial score (nSPS) is 21.4. The molecule has 1 aromatic heterocycles. The predicted molar refractivity (Wildman–Crippen MR) is 83.5 cm³/mol. The number of piperidine rings is 1. The monoisotopic (exact) mass is 309 g/mol. The molecule has 0 aliphatic carbocycles. The van der Waals surface area contributed by atoms with Crippen LogP contribution in [0.15, 0.2) is 18.3 Å². The fourth-order valence-electron chi connectivity index (χ4n) is 3.23. The number of halogens is 1. The van der Waals surface area contributed by atoms with Crippen LogP contribution in [0, 0.1) is 11.4 Å². The van der Waals surface area contributed by atoms with Crippen LogP contribution in [0.5, 0.6) is 0 Å². The lowest BCUT2D eigenvalue weighted by Crippen LogP contribution is -2.63. The van der Waals surface area contributed by atoms with Gasteiger partial charge in [0.25, 0.3) is 0 Å². The summed E-state index contributed by atoms with van der Waals surface area (Å²) in [5, 5.41) is 25.4. The van der Waals surface area contributed by atoms with Crippen LogP contribution in [0.4, 0.5) is 10.1 Å². The van der Waals surface area contributed by atoms with Gasteiger partial charge in [-0.25, -0.2) is 4.98 Å². The molecule has 22 heavy (non-hydrogen) atoms. The number of aromatic nitrogens is 1. The molecule has 0 amide bonds. The largest absolute Gasteiger partial charge is 0.353 e. The number of hydrogen-bond donors (Lipinski definition) is 4. The molecule has 1 aromatic rings. The minimum atomic E-state index is -0.639. The van der Waals surface area contributed by atoms with Gasteiger partial charge < -0.3 is 15.8 Å². The summed E-state index contributed by atoms with van der Waals surface area (Å²) in [4.78, 5) is 3.54. The van der Waals surface area contributed by atoms with E-state index in [0.29, 0.717) is 12.8 Å². The molecule has 0 bridgehead atoms. The molecule has 0 radical (unpaired) electrons. The van der Waals surface area contributed by atoms with Crippen molar-refractivity contribution in [2.24, 2.45) is 0 Å². The molecule has 1 aliphatic heterocycles. The zero-order valence-corrected chi connectivity index (χ0v) is 13.4. The van der Waals surface area contributed by atoms with Gasteiger partial charge in [0.1, 0.15) is 0 Å². The quantitative estimate of drug-likeness (QED) is 0.383. The Morgan fingerprint density at radius 3 is 2.50 bits per heavy atom. The first-order valence-corrected chi connectivity index (χ1v) is 7.34. The van der Waals surface area contributed by atoms with Gasteiger partial charge >= 0.3 is 0 Å². The summed E-state index contributed by atoms with van der Waals surface area (Å²) in [5.74, 6) is -0.616. The van der Waals surface area contributed by atoms with E-state index < -0.39 is 17.0 Å². The summed E-state index contributed by atoms with van der Waals surface area (Å²) in [5.41, 5.74) is -0.642. The zero-order valence-electron chi connectivity index (χ0n) is 13.4. The van der Waals surface area contributed by atoms with Crippen molar-refractivity contribution in [1.29, 1.82) is 5.41 Å². The van der Waals surface area contributed by atoms with Crippen molar-refractivity contribution in [3.05, 3.63) is 24.3 Å². The van der Waals surface area contributed by atoms with Gasteiger partial charge in [-0.05, 0) is 52.7 Å². The van der Waals surface area contributed by atoms with Crippen molar-refractivity contribution < 1.29 is 9.60 Å². The second-order valence-corrected chi connectivity index (χ2v) is 7.03. The van der Waals surface area contributed by atoms with Crippen LogP contribution in [0.25, 0.3) is 0 Å². The van der Waals surface area contributed by atoms with Crippen LogP contribution in [-0.2, 0) is 0 Å². The molecule has 0 atom stereocenters. The molecular weight excluding hydrogens is 285 g/mol. The molecule has 1 aliphatic rings. The molecule has 6 nitrogen and oxygen atoms in total. The van der Waals surface area contributed by atoms with E-state index in [9.17, 15) is 9.60 Å². The number of guanidine groups is 1. The van der Waals surface area contributed by atoms with E-state index in [1.54, 1.807) is 6.07 Å². The molecule has 1 saturated heterocycles. The first-order chi connectivity index (χ1) is 10.1. The van der Waals surface area contributed by atoms with Gasteiger partial charge in [0.05, 0.1) is 5.69 Å². The molecule has 4 N–H and O–H groups in total. The van der Waals surface area contributed by atoms with Crippen molar-refractivity contribution >= 4 is 11.6 Å². The number of hydrogen-bond acceptors (Lipinski definition) is 4. The van der Waals surface area contributed by atoms with E-state index in [2.05, 4.69) is 15.6 Å². The second kappa shape index (κ2) is 5.81. The van der Waals surface area contributed by atoms with Crippen LogP contribution in [0.1, 0.15) is 40.5 Å². The van der Waals surface area contributed by atoms with E-state index in [1.807, 2.05) is 27.7 Å². The highest BCUT2D eigenvalue weighted by molar-refractivity contribution is 5.91. The molecule has 2 rings (SSSR count). The lowest BCUT2D eigenvalue weighted by Gasteiger charge is -2.51. The molecule has 0 unspecified atom stereocenters. The zero-order chi connectivity index (χ0) is 16.5. The number of nitrogens with zero attached hydrogens (tertiary/aromatic N) is 2. The third kappa shape index (κ3) is 3.53. The van der Waals surface area contributed by atoms with Gasteiger partial charge in [-0.1, -0.05) is 0 Å². The number of hydroxylamine groups is 2. The molecule has 0 spiro atoms. The van der Waals surface area contributed by atoms with Gasteiger partial charge in [0.2, 0.25) is 5.95 Å². The molecule has 0 saturated carbocycles. The van der Waals surface area contributed by atoms with Crippen molar-refractivity contribution in [3.8, 4) is 0 Å². The standard InChI is InChI=1S/C15H24FN5O/c1-14(2)8-10(9-15(3,4)21(14)22)19-13(17)20-11-6-5-7-18-12(11)16/h5-7,10,22H,8-9H2,1-4H3,(H3,17,19,20). The van der Waals surface area contributed by atoms with Gasteiger partial charge in [0, 0.05) is 23.3 Å². The number of rotatable bonds is 2. The summed E-state index contributed by atoms with van der Waals surface area (Å²) < 4.78 is 13.5. The Bertz CT molecular complexity index is 543. The number of pyridine rings is 1. The maximum Gasteiger partial charge on any atom is 0.236 e. The highest BCUT2D eigenvalue weighted by Gasteiger charge is 2.45. The average Bonchev–Trinajstić information content (AvgIpc) is 2.38. The predicted octanol–water partition coefficient (Wildman–Crippen LogP) is 2.57. The third-order valence-electron chi connectivity index (χ3n) is 4.01.